The van der Waals surface area contributed by atoms with E-state index in [2.05, 4.69) is 20.8 Å². The van der Waals surface area contributed by atoms with Gasteiger partial charge in [-0.15, -0.1) is 0 Å². The second-order valence-corrected chi connectivity index (χ2v) is 4.55. The molecule has 0 saturated carbocycles. The Morgan fingerprint density at radius 1 is 1.31 bits per heavy atom. The van der Waals surface area contributed by atoms with Gasteiger partial charge in [-0.05, 0) is 23.1 Å². The van der Waals surface area contributed by atoms with E-state index in [-0.39, 0.29) is 11.2 Å². The summed E-state index contributed by atoms with van der Waals surface area (Å²) in [7, 11) is 0. The van der Waals surface area contributed by atoms with Crippen LogP contribution in [0.3, 0.4) is 0 Å². The molecule has 2 nitrogen and oxygen atoms in total. The number of phenolic OH excluding ortho intramolecular Hbond substituents is 1. The topological polar surface area (TPSA) is 46.2 Å². The molecular formula is C10H14ClNO. The Balaban J connectivity index is 3.29. The Morgan fingerprint density at radius 3 is 2.23 bits per heavy atom. The van der Waals surface area contributed by atoms with Gasteiger partial charge >= 0.3 is 0 Å². The summed E-state index contributed by atoms with van der Waals surface area (Å²) in [5, 5.41) is 9.65. The molecule has 1 aromatic carbocycles. The molecule has 0 saturated heterocycles. The largest absolute Gasteiger partial charge is 0.504 e. The number of nitrogen functional groups attached to an aromatic ring is 1. The summed E-state index contributed by atoms with van der Waals surface area (Å²) >= 11 is 5.80. The molecule has 72 valence electrons. The maximum absolute atomic E-state index is 9.34. The lowest BCUT2D eigenvalue weighted by molar-refractivity contribution is 0.477. The van der Waals surface area contributed by atoms with E-state index >= 15 is 0 Å². The molecule has 0 aliphatic rings. The summed E-state index contributed by atoms with van der Waals surface area (Å²) < 4.78 is 0. The summed E-state index contributed by atoms with van der Waals surface area (Å²) in [4.78, 5) is 0. The van der Waals surface area contributed by atoms with Crippen LogP contribution in [0.4, 0.5) is 5.69 Å². The molecular weight excluding hydrogens is 186 g/mol. The van der Waals surface area contributed by atoms with Gasteiger partial charge in [-0.25, -0.2) is 0 Å². The highest BCUT2D eigenvalue weighted by atomic mass is 35.5. The van der Waals surface area contributed by atoms with Crippen LogP contribution >= 0.6 is 11.6 Å². The minimum absolute atomic E-state index is 0.00847. The molecule has 0 fully saturated rings. The summed E-state index contributed by atoms with van der Waals surface area (Å²) in [5.74, 6) is -0.0327. The molecule has 0 spiro atoms. The SMILES string of the molecule is CC(C)(C)c1cc(N)c(O)c(Cl)c1. The minimum Gasteiger partial charge on any atom is -0.504 e. The molecule has 0 atom stereocenters. The molecule has 1 aromatic rings. The zero-order valence-electron chi connectivity index (χ0n) is 8.06. The molecule has 0 unspecified atom stereocenters. The van der Waals surface area contributed by atoms with Gasteiger partial charge in [0.25, 0.3) is 0 Å². The van der Waals surface area contributed by atoms with E-state index in [0.29, 0.717) is 10.7 Å². The van der Waals surface area contributed by atoms with E-state index in [9.17, 15) is 5.11 Å². The van der Waals surface area contributed by atoms with Crippen molar-refractivity contribution in [1.29, 1.82) is 0 Å². The van der Waals surface area contributed by atoms with Crippen LogP contribution in [0, 0.1) is 0 Å². The van der Waals surface area contributed by atoms with E-state index in [1.54, 1.807) is 12.1 Å². The monoisotopic (exact) mass is 199 g/mol. The second kappa shape index (κ2) is 3.11. The quantitative estimate of drug-likeness (QED) is 0.499. The normalized spacial score (nSPS) is 11.7. The number of anilines is 1. The van der Waals surface area contributed by atoms with Gasteiger partial charge in [0.05, 0.1) is 10.7 Å². The van der Waals surface area contributed by atoms with E-state index in [1.165, 1.54) is 0 Å². The Hall–Kier alpha value is -0.890. The summed E-state index contributed by atoms with van der Waals surface area (Å²) in [5.41, 5.74) is 6.93. The second-order valence-electron chi connectivity index (χ2n) is 4.15. The number of hydrogen-bond acceptors (Lipinski definition) is 2. The van der Waals surface area contributed by atoms with Gasteiger partial charge < -0.3 is 10.8 Å². The van der Waals surface area contributed by atoms with E-state index in [0.717, 1.165) is 5.56 Å². The Kier molecular flexibility index (Phi) is 2.44. The molecule has 0 aliphatic carbocycles. The first-order valence-electron chi connectivity index (χ1n) is 4.11. The average Bonchev–Trinajstić information content (AvgIpc) is 1.97. The predicted molar refractivity (Wildman–Crippen MR) is 56.2 cm³/mol. The molecule has 0 aromatic heterocycles. The Morgan fingerprint density at radius 2 is 1.85 bits per heavy atom. The van der Waals surface area contributed by atoms with Crippen LogP contribution in [-0.2, 0) is 5.41 Å². The first-order valence-corrected chi connectivity index (χ1v) is 4.48. The zero-order chi connectivity index (χ0) is 10.2. The molecule has 0 bridgehead atoms. The number of benzene rings is 1. The molecule has 3 N–H and O–H groups in total. The highest BCUT2D eigenvalue weighted by molar-refractivity contribution is 6.32. The third-order valence-corrected chi connectivity index (χ3v) is 2.25. The lowest BCUT2D eigenvalue weighted by Crippen LogP contribution is -2.11. The molecule has 0 amide bonds. The molecule has 3 heteroatoms. The highest BCUT2D eigenvalue weighted by Gasteiger charge is 2.16. The molecule has 0 heterocycles. The fourth-order valence-electron chi connectivity index (χ4n) is 1.05. The van der Waals surface area contributed by atoms with Crippen LogP contribution in [0.5, 0.6) is 5.75 Å². The van der Waals surface area contributed by atoms with Crippen molar-refractivity contribution in [3.05, 3.63) is 22.7 Å². The van der Waals surface area contributed by atoms with E-state index in [1.807, 2.05) is 0 Å². The minimum atomic E-state index is -0.0327. The number of rotatable bonds is 0. The average molecular weight is 200 g/mol. The van der Waals surface area contributed by atoms with Crippen molar-refractivity contribution in [3.8, 4) is 5.75 Å². The smallest absolute Gasteiger partial charge is 0.157 e. The van der Waals surface area contributed by atoms with Crippen molar-refractivity contribution in [3.63, 3.8) is 0 Å². The van der Waals surface area contributed by atoms with Crippen LogP contribution in [0.15, 0.2) is 12.1 Å². The first kappa shape index (κ1) is 10.2. The van der Waals surface area contributed by atoms with Crippen LogP contribution in [0.1, 0.15) is 26.3 Å². The summed E-state index contributed by atoms with van der Waals surface area (Å²) in [6.45, 7) is 6.19. The van der Waals surface area contributed by atoms with Gasteiger partial charge in [0.15, 0.2) is 5.75 Å². The highest BCUT2D eigenvalue weighted by Crippen LogP contribution is 2.35. The number of halogens is 1. The third kappa shape index (κ3) is 2.07. The van der Waals surface area contributed by atoms with E-state index < -0.39 is 0 Å². The molecule has 0 radical (unpaired) electrons. The van der Waals surface area contributed by atoms with Crippen molar-refractivity contribution in [1.82, 2.24) is 0 Å². The van der Waals surface area contributed by atoms with Gasteiger partial charge in [-0.2, -0.15) is 0 Å². The van der Waals surface area contributed by atoms with E-state index in [4.69, 9.17) is 17.3 Å². The van der Waals surface area contributed by atoms with Crippen LogP contribution in [0.2, 0.25) is 5.02 Å². The van der Waals surface area contributed by atoms with Crippen molar-refractivity contribution >= 4 is 17.3 Å². The van der Waals surface area contributed by atoms with Crippen molar-refractivity contribution in [2.75, 3.05) is 5.73 Å². The fourth-order valence-corrected chi connectivity index (χ4v) is 1.28. The van der Waals surface area contributed by atoms with Crippen molar-refractivity contribution in [2.45, 2.75) is 26.2 Å². The third-order valence-electron chi connectivity index (χ3n) is 1.96. The fraction of sp³-hybridized carbons (Fsp3) is 0.400. The lowest BCUT2D eigenvalue weighted by Gasteiger charge is -2.20. The Bertz CT molecular complexity index is 305. The zero-order valence-corrected chi connectivity index (χ0v) is 8.81. The van der Waals surface area contributed by atoms with Gasteiger partial charge in [0.1, 0.15) is 0 Å². The van der Waals surface area contributed by atoms with Gasteiger partial charge in [0, 0.05) is 0 Å². The summed E-state index contributed by atoms with van der Waals surface area (Å²) in [6, 6.07) is 3.49. The summed E-state index contributed by atoms with van der Waals surface area (Å²) in [6.07, 6.45) is 0. The maximum Gasteiger partial charge on any atom is 0.157 e. The molecule has 0 aliphatic heterocycles. The van der Waals surface area contributed by atoms with Gasteiger partial charge in [-0.3, -0.25) is 0 Å². The molecule has 13 heavy (non-hydrogen) atoms. The number of phenols is 1. The first-order chi connectivity index (χ1) is 5.82. The maximum atomic E-state index is 9.34. The van der Waals surface area contributed by atoms with Crippen molar-refractivity contribution in [2.24, 2.45) is 0 Å². The number of aromatic hydroxyl groups is 1. The molecule has 1 rings (SSSR count). The Labute approximate surface area is 83.3 Å². The van der Waals surface area contributed by atoms with Gasteiger partial charge in [-0.1, -0.05) is 32.4 Å². The van der Waals surface area contributed by atoms with Crippen LogP contribution in [-0.4, -0.2) is 5.11 Å². The van der Waals surface area contributed by atoms with Gasteiger partial charge in [0.2, 0.25) is 0 Å². The number of nitrogens with two attached hydrogens (primary N) is 1. The lowest BCUT2D eigenvalue weighted by atomic mass is 9.87. The van der Waals surface area contributed by atoms with Crippen LogP contribution in [0.25, 0.3) is 0 Å². The predicted octanol–water partition coefficient (Wildman–Crippen LogP) is 2.93. The van der Waals surface area contributed by atoms with Crippen LogP contribution < -0.4 is 5.73 Å². The standard InChI is InChI=1S/C10H14ClNO/c1-10(2,3)6-4-7(11)9(13)8(12)5-6/h4-5,13H,12H2,1-3H3. The van der Waals surface area contributed by atoms with Crippen molar-refractivity contribution < 1.29 is 5.11 Å². The number of hydrogen-bond donors (Lipinski definition) is 2.